The highest BCUT2D eigenvalue weighted by Crippen LogP contribution is 2.17. The minimum Gasteiger partial charge on any atom is -0.497 e. The number of hydrogen-bond acceptors (Lipinski definition) is 3. The molecular formula is C21H27N2O3+. The maximum atomic E-state index is 12.4. The number of methoxy groups -OCH3 is 1. The minimum absolute atomic E-state index is 0.0511. The van der Waals surface area contributed by atoms with Crippen LogP contribution in [0.4, 0.5) is 0 Å². The van der Waals surface area contributed by atoms with E-state index in [-0.39, 0.29) is 12.5 Å². The van der Waals surface area contributed by atoms with Gasteiger partial charge in [0.25, 0.3) is 5.91 Å². The predicted octanol–water partition coefficient (Wildman–Crippen LogP) is 1.31. The van der Waals surface area contributed by atoms with E-state index in [1.807, 2.05) is 29.2 Å². The monoisotopic (exact) mass is 355 g/mol. The molecule has 5 nitrogen and oxygen atoms in total. The van der Waals surface area contributed by atoms with Crippen LogP contribution < -0.4 is 14.4 Å². The van der Waals surface area contributed by atoms with Crippen LogP contribution in [0.1, 0.15) is 11.1 Å². The lowest BCUT2D eigenvalue weighted by molar-refractivity contribution is -0.917. The SMILES string of the molecule is COc1ccc(OCC(=O)N2CC[NH+](Cc3ccc(C)cc3)CC2)cc1. The number of carbonyl (C=O) groups is 1. The molecule has 0 radical (unpaired) electrons. The highest BCUT2D eigenvalue weighted by Gasteiger charge is 2.23. The summed E-state index contributed by atoms with van der Waals surface area (Å²) >= 11 is 0. The van der Waals surface area contributed by atoms with Crippen molar-refractivity contribution in [3.8, 4) is 11.5 Å². The fourth-order valence-corrected chi connectivity index (χ4v) is 3.15. The maximum absolute atomic E-state index is 12.4. The van der Waals surface area contributed by atoms with Gasteiger partial charge in [0.2, 0.25) is 0 Å². The number of ether oxygens (including phenoxy) is 2. The van der Waals surface area contributed by atoms with Gasteiger partial charge in [0, 0.05) is 5.56 Å². The third kappa shape index (κ3) is 4.99. The summed E-state index contributed by atoms with van der Waals surface area (Å²) in [7, 11) is 1.62. The van der Waals surface area contributed by atoms with Crippen molar-refractivity contribution in [2.45, 2.75) is 13.5 Å². The number of aryl methyl sites for hydroxylation is 1. The molecule has 2 aromatic rings. The van der Waals surface area contributed by atoms with Crippen molar-refractivity contribution in [2.24, 2.45) is 0 Å². The summed E-state index contributed by atoms with van der Waals surface area (Å²) in [5.41, 5.74) is 2.64. The minimum atomic E-state index is 0.0511. The molecule has 0 bridgehead atoms. The van der Waals surface area contributed by atoms with Crippen LogP contribution in [0.3, 0.4) is 0 Å². The fraction of sp³-hybridized carbons (Fsp3) is 0.381. The molecule has 0 aliphatic carbocycles. The molecule has 1 heterocycles. The number of piperazine rings is 1. The average molecular weight is 355 g/mol. The van der Waals surface area contributed by atoms with Crippen LogP contribution in [0.25, 0.3) is 0 Å². The van der Waals surface area contributed by atoms with Crippen LogP contribution >= 0.6 is 0 Å². The predicted molar refractivity (Wildman–Crippen MR) is 101 cm³/mol. The molecule has 1 fully saturated rings. The Morgan fingerprint density at radius 2 is 1.62 bits per heavy atom. The van der Waals surface area contributed by atoms with Crippen LogP contribution in [-0.4, -0.2) is 50.7 Å². The first kappa shape index (κ1) is 18.3. The average Bonchev–Trinajstić information content (AvgIpc) is 2.69. The molecule has 0 aromatic heterocycles. The van der Waals surface area contributed by atoms with Crippen molar-refractivity contribution >= 4 is 5.91 Å². The van der Waals surface area contributed by atoms with Gasteiger partial charge >= 0.3 is 0 Å². The number of amides is 1. The Morgan fingerprint density at radius 3 is 2.23 bits per heavy atom. The number of quaternary nitrogens is 1. The fourth-order valence-electron chi connectivity index (χ4n) is 3.15. The summed E-state index contributed by atoms with van der Waals surface area (Å²) in [6, 6.07) is 16.0. The summed E-state index contributed by atoms with van der Waals surface area (Å²) in [4.78, 5) is 15.8. The van der Waals surface area contributed by atoms with Gasteiger partial charge in [-0.05, 0) is 31.2 Å². The van der Waals surface area contributed by atoms with E-state index in [0.717, 1.165) is 38.5 Å². The molecule has 0 atom stereocenters. The third-order valence-corrected chi connectivity index (χ3v) is 4.82. The number of carbonyl (C=O) groups excluding carboxylic acids is 1. The zero-order chi connectivity index (χ0) is 18.4. The van der Waals surface area contributed by atoms with Crippen LogP contribution in [0.2, 0.25) is 0 Å². The summed E-state index contributed by atoms with van der Waals surface area (Å²) in [5, 5.41) is 0. The highest BCUT2D eigenvalue weighted by molar-refractivity contribution is 5.77. The van der Waals surface area contributed by atoms with Gasteiger partial charge in [0.15, 0.2) is 6.61 Å². The first-order valence-corrected chi connectivity index (χ1v) is 9.08. The van der Waals surface area contributed by atoms with Crippen molar-refractivity contribution in [1.82, 2.24) is 4.90 Å². The van der Waals surface area contributed by atoms with Crippen molar-refractivity contribution in [1.29, 1.82) is 0 Å². The van der Waals surface area contributed by atoms with E-state index >= 15 is 0 Å². The lowest BCUT2D eigenvalue weighted by Gasteiger charge is -2.32. The topological polar surface area (TPSA) is 43.2 Å². The molecule has 0 unspecified atom stereocenters. The quantitative estimate of drug-likeness (QED) is 0.850. The van der Waals surface area contributed by atoms with Gasteiger partial charge < -0.3 is 19.3 Å². The molecule has 5 heteroatoms. The second-order valence-corrected chi connectivity index (χ2v) is 6.76. The molecule has 1 aliphatic heterocycles. The molecule has 1 saturated heterocycles. The van der Waals surface area contributed by atoms with E-state index in [0.29, 0.717) is 5.75 Å². The lowest BCUT2D eigenvalue weighted by Crippen LogP contribution is -3.13. The van der Waals surface area contributed by atoms with Gasteiger partial charge in [0.05, 0.1) is 33.3 Å². The number of rotatable bonds is 6. The van der Waals surface area contributed by atoms with E-state index in [9.17, 15) is 4.79 Å². The van der Waals surface area contributed by atoms with Crippen LogP contribution in [0.5, 0.6) is 11.5 Å². The number of benzene rings is 2. The van der Waals surface area contributed by atoms with Gasteiger partial charge in [-0.2, -0.15) is 0 Å². The molecular weight excluding hydrogens is 328 g/mol. The van der Waals surface area contributed by atoms with Crippen LogP contribution in [0, 0.1) is 6.92 Å². The summed E-state index contributed by atoms with van der Waals surface area (Å²) in [6.07, 6.45) is 0. The number of nitrogens with zero attached hydrogens (tertiary/aromatic N) is 1. The van der Waals surface area contributed by atoms with E-state index in [2.05, 4.69) is 31.2 Å². The maximum Gasteiger partial charge on any atom is 0.260 e. The molecule has 138 valence electrons. The molecule has 1 amide bonds. The zero-order valence-corrected chi connectivity index (χ0v) is 15.5. The second-order valence-electron chi connectivity index (χ2n) is 6.76. The van der Waals surface area contributed by atoms with Crippen molar-refractivity contribution in [2.75, 3.05) is 39.9 Å². The van der Waals surface area contributed by atoms with Crippen molar-refractivity contribution < 1.29 is 19.2 Å². The summed E-state index contributed by atoms with van der Waals surface area (Å²) in [6.45, 7) is 6.72. The molecule has 2 aromatic carbocycles. The summed E-state index contributed by atoms with van der Waals surface area (Å²) in [5.74, 6) is 1.51. The Morgan fingerprint density at radius 1 is 1.00 bits per heavy atom. The van der Waals surface area contributed by atoms with Crippen molar-refractivity contribution in [3.63, 3.8) is 0 Å². The van der Waals surface area contributed by atoms with E-state index in [1.165, 1.54) is 16.0 Å². The Bertz CT molecular complexity index is 705. The number of hydrogen-bond donors (Lipinski definition) is 1. The Kier molecular flexibility index (Phi) is 6.12. The second kappa shape index (κ2) is 8.72. The first-order valence-electron chi connectivity index (χ1n) is 9.08. The van der Waals surface area contributed by atoms with Crippen molar-refractivity contribution in [3.05, 3.63) is 59.7 Å². The van der Waals surface area contributed by atoms with E-state index in [4.69, 9.17) is 9.47 Å². The Hall–Kier alpha value is -2.53. The standard InChI is InChI=1S/C21H26N2O3/c1-17-3-5-18(6-4-17)15-22-11-13-23(14-12-22)21(24)16-26-20-9-7-19(25-2)8-10-20/h3-10H,11-16H2,1-2H3/p+1. The third-order valence-electron chi connectivity index (χ3n) is 4.82. The van der Waals surface area contributed by atoms with Gasteiger partial charge in [0.1, 0.15) is 18.0 Å². The Labute approximate surface area is 155 Å². The lowest BCUT2D eigenvalue weighted by atomic mass is 10.1. The zero-order valence-electron chi connectivity index (χ0n) is 15.5. The molecule has 1 N–H and O–H groups in total. The number of nitrogens with one attached hydrogen (secondary N) is 1. The van der Waals surface area contributed by atoms with Gasteiger partial charge in [-0.3, -0.25) is 4.79 Å². The molecule has 26 heavy (non-hydrogen) atoms. The van der Waals surface area contributed by atoms with E-state index < -0.39 is 0 Å². The largest absolute Gasteiger partial charge is 0.497 e. The Balaban J connectivity index is 1.42. The highest BCUT2D eigenvalue weighted by atomic mass is 16.5. The normalized spacial score (nSPS) is 14.9. The molecule has 0 spiro atoms. The van der Waals surface area contributed by atoms with E-state index in [1.54, 1.807) is 7.11 Å². The van der Waals surface area contributed by atoms with Crippen LogP contribution in [0.15, 0.2) is 48.5 Å². The molecule has 3 rings (SSSR count). The van der Waals surface area contributed by atoms with Crippen LogP contribution in [-0.2, 0) is 11.3 Å². The molecule has 0 saturated carbocycles. The van der Waals surface area contributed by atoms with Gasteiger partial charge in [-0.1, -0.05) is 29.8 Å². The first-order chi connectivity index (χ1) is 12.6. The van der Waals surface area contributed by atoms with Gasteiger partial charge in [-0.15, -0.1) is 0 Å². The van der Waals surface area contributed by atoms with Gasteiger partial charge in [-0.25, -0.2) is 0 Å². The summed E-state index contributed by atoms with van der Waals surface area (Å²) < 4.78 is 10.7. The molecule has 1 aliphatic rings. The smallest absolute Gasteiger partial charge is 0.260 e.